The van der Waals surface area contributed by atoms with E-state index in [1.54, 1.807) is 29.9 Å². The summed E-state index contributed by atoms with van der Waals surface area (Å²) in [6.07, 6.45) is 1.91. The van der Waals surface area contributed by atoms with E-state index in [9.17, 15) is 14.4 Å². The molecule has 1 aromatic carbocycles. The lowest BCUT2D eigenvalue weighted by Crippen LogP contribution is -2.38. The Hall–Kier alpha value is -3.46. The first kappa shape index (κ1) is 20.4. The first-order valence-electron chi connectivity index (χ1n) is 10.5. The number of hydrogen-bond donors (Lipinski definition) is 1. The highest BCUT2D eigenvalue weighted by molar-refractivity contribution is 7.08. The fourth-order valence-corrected chi connectivity index (χ4v) is 4.66. The minimum absolute atomic E-state index is 0.197. The Balaban J connectivity index is 1.51. The molecule has 32 heavy (non-hydrogen) atoms. The molecule has 0 aliphatic heterocycles. The Labute approximate surface area is 187 Å². The van der Waals surface area contributed by atoms with E-state index in [0.717, 1.165) is 28.5 Å². The molecular weight excluding hydrogens is 426 g/mol. The normalized spacial score (nSPS) is 14.6. The second kappa shape index (κ2) is 7.59. The second-order valence-corrected chi connectivity index (χ2v) is 9.03. The van der Waals surface area contributed by atoms with Crippen LogP contribution in [0.5, 0.6) is 0 Å². The van der Waals surface area contributed by atoms with Crippen molar-refractivity contribution in [3.63, 3.8) is 0 Å². The standard InChI is InChI=1S/C23H23N5O3S/c1-13(21(29)24-17-8-6-14(7-9-17)16-10-11-32-12-16)28-18-20(25-19(28)15-4-5-15)26(2)23(31)27(3)22(18)30/h6-13,15H,4-5H2,1-3H3,(H,24,29). The number of nitrogens with one attached hydrogen (secondary N) is 1. The molecule has 0 saturated heterocycles. The first-order chi connectivity index (χ1) is 15.4. The van der Waals surface area contributed by atoms with Gasteiger partial charge in [-0.1, -0.05) is 12.1 Å². The highest BCUT2D eigenvalue weighted by Crippen LogP contribution is 2.41. The monoisotopic (exact) mass is 449 g/mol. The van der Waals surface area contributed by atoms with E-state index >= 15 is 0 Å². The number of thiophene rings is 1. The van der Waals surface area contributed by atoms with Crippen molar-refractivity contribution in [3.05, 3.63) is 67.8 Å². The maximum absolute atomic E-state index is 13.2. The van der Waals surface area contributed by atoms with Gasteiger partial charge in [0, 0.05) is 25.7 Å². The van der Waals surface area contributed by atoms with E-state index in [2.05, 4.69) is 21.7 Å². The van der Waals surface area contributed by atoms with Gasteiger partial charge in [-0.15, -0.1) is 0 Å². The number of benzene rings is 1. The van der Waals surface area contributed by atoms with Gasteiger partial charge < -0.3 is 9.88 Å². The number of aryl methyl sites for hydroxylation is 1. The lowest BCUT2D eigenvalue weighted by molar-refractivity contribution is -0.118. The van der Waals surface area contributed by atoms with Crippen molar-refractivity contribution in [1.29, 1.82) is 0 Å². The Bertz CT molecular complexity index is 1440. The Morgan fingerprint density at radius 3 is 2.44 bits per heavy atom. The molecule has 1 atom stereocenters. The molecule has 1 fully saturated rings. The van der Waals surface area contributed by atoms with Crippen LogP contribution in [0.1, 0.15) is 37.5 Å². The van der Waals surface area contributed by atoms with Crippen molar-refractivity contribution in [3.8, 4) is 11.1 Å². The van der Waals surface area contributed by atoms with E-state index < -0.39 is 17.3 Å². The fraction of sp³-hybridized carbons (Fsp3) is 0.304. The molecule has 3 aromatic heterocycles. The summed E-state index contributed by atoms with van der Waals surface area (Å²) in [4.78, 5) is 43.1. The number of nitrogens with zero attached hydrogens (tertiary/aromatic N) is 4. The van der Waals surface area contributed by atoms with Crippen LogP contribution in [0.4, 0.5) is 5.69 Å². The van der Waals surface area contributed by atoms with Gasteiger partial charge in [-0.25, -0.2) is 9.78 Å². The van der Waals surface area contributed by atoms with Gasteiger partial charge in [0.25, 0.3) is 5.56 Å². The quantitative estimate of drug-likeness (QED) is 0.506. The molecule has 1 unspecified atom stereocenters. The molecule has 1 amide bonds. The predicted molar refractivity (Wildman–Crippen MR) is 125 cm³/mol. The summed E-state index contributed by atoms with van der Waals surface area (Å²) < 4.78 is 4.14. The molecule has 3 heterocycles. The van der Waals surface area contributed by atoms with Gasteiger partial charge in [0.1, 0.15) is 11.9 Å². The summed E-state index contributed by atoms with van der Waals surface area (Å²) >= 11 is 1.64. The largest absolute Gasteiger partial charge is 0.332 e. The third-order valence-corrected chi connectivity index (χ3v) is 6.72. The van der Waals surface area contributed by atoms with Gasteiger partial charge in [0.2, 0.25) is 5.91 Å². The number of imidazole rings is 1. The Kier molecular flexibility index (Phi) is 4.85. The van der Waals surface area contributed by atoms with Gasteiger partial charge >= 0.3 is 5.69 Å². The molecule has 8 nitrogen and oxygen atoms in total. The zero-order valence-corrected chi connectivity index (χ0v) is 18.8. The molecule has 4 aromatic rings. The number of anilines is 1. The average molecular weight is 450 g/mol. The maximum Gasteiger partial charge on any atom is 0.332 e. The second-order valence-electron chi connectivity index (χ2n) is 8.25. The van der Waals surface area contributed by atoms with Crippen LogP contribution in [0.15, 0.2) is 50.7 Å². The number of rotatable bonds is 5. The van der Waals surface area contributed by atoms with Gasteiger partial charge in [-0.05, 0) is 59.9 Å². The number of amides is 1. The Morgan fingerprint density at radius 2 is 1.81 bits per heavy atom. The van der Waals surface area contributed by atoms with Crippen LogP contribution in [0.25, 0.3) is 22.3 Å². The predicted octanol–water partition coefficient (Wildman–Crippen LogP) is 3.24. The van der Waals surface area contributed by atoms with Crippen LogP contribution < -0.4 is 16.6 Å². The summed E-state index contributed by atoms with van der Waals surface area (Å²) in [5.41, 5.74) is 2.63. The number of carbonyl (C=O) groups excluding carboxylic acids is 1. The van der Waals surface area contributed by atoms with E-state index in [4.69, 9.17) is 0 Å². The summed E-state index contributed by atoms with van der Waals surface area (Å²) in [6, 6.07) is 9.06. The molecule has 9 heteroatoms. The van der Waals surface area contributed by atoms with Crippen molar-refractivity contribution >= 4 is 34.1 Å². The van der Waals surface area contributed by atoms with Crippen molar-refractivity contribution in [2.24, 2.45) is 14.1 Å². The summed E-state index contributed by atoms with van der Waals surface area (Å²) in [6.45, 7) is 1.76. The molecule has 164 valence electrons. The van der Waals surface area contributed by atoms with Crippen LogP contribution in [0, 0.1) is 0 Å². The van der Waals surface area contributed by atoms with Crippen LogP contribution in [-0.4, -0.2) is 24.6 Å². The zero-order valence-electron chi connectivity index (χ0n) is 18.0. The lowest BCUT2D eigenvalue weighted by atomic mass is 10.1. The highest BCUT2D eigenvalue weighted by atomic mass is 32.1. The fourth-order valence-electron chi connectivity index (χ4n) is 3.99. The molecule has 1 aliphatic rings. The molecule has 1 saturated carbocycles. The molecular formula is C23H23N5O3S. The SMILES string of the molecule is CC(C(=O)Nc1ccc(-c2ccsc2)cc1)n1c(C2CC2)nc2c1c(=O)n(C)c(=O)n2C. The highest BCUT2D eigenvalue weighted by Gasteiger charge is 2.34. The molecule has 0 radical (unpaired) electrons. The minimum Gasteiger partial charge on any atom is -0.324 e. The van der Waals surface area contributed by atoms with Crippen molar-refractivity contribution in [1.82, 2.24) is 18.7 Å². The zero-order chi connectivity index (χ0) is 22.6. The molecule has 1 aliphatic carbocycles. The van der Waals surface area contributed by atoms with Crippen LogP contribution in [0.3, 0.4) is 0 Å². The lowest BCUT2D eigenvalue weighted by Gasteiger charge is -2.17. The van der Waals surface area contributed by atoms with Crippen LogP contribution in [0.2, 0.25) is 0 Å². The number of carbonyl (C=O) groups is 1. The summed E-state index contributed by atoms with van der Waals surface area (Å²) in [5.74, 6) is 0.640. The Morgan fingerprint density at radius 1 is 1.09 bits per heavy atom. The molecule has 1 N–H and O–H groups in total. The third-order valence-electron chi connectivity index (χ3n) is 6.03. The van der Waals surface area contributed by atoms with Gasteiger partial charge in [-0.3, -0.25) is 18.7 Å². The third kappa shape index (κ3) is 3.29. The molecule has 0 bridgehead atoms. The average Bonchev–Trinajstić information content (AvgIpc) is 3.33. The van der Waals surface area contributed by atoms with E-state index in [-0.39, 0.29) is 17.3 Å². The van der Waals surface area contributed by atoms with E-state index in [0.29, 0.717) is 17.2 Å². The van der Waals surface area contributed by atoms with E-state index in [1.165, 1.54) is 11.6 Å². The first-order valence-corrected chi connectivity index (χ1v) is 11.4. The van der Waals surface area contributed by atoms with Crippen LogP contribution >= 0.6 is 11.3 Å². The van der Waals surface area contributed by atoms with Crippen molar-refractivity contribution in [2.45, 2.75) is 31.7 Å². The number of fused-ring (bicyclic) bond motifs is 1. The number of aromatic nitrogens is 4. The molecule has 5 rings (SSSR count). The van der Waals surface area contributed by atoms with Gasteiger partial charge in [0.05, 0.1) is 0 Å². The molecule has 0 spiro atoms. The number of hydrogen-bond acceptors (Lipinski definition) is 5. The van der Waals surface area contributed by atoms with Gasteiger partial charge in [0.15, 0.2) is 11.2 Å². The maximum atomic E-state index is 13.2. The van der Waals surface area contributed by atoms with Crippen molar-refractivity contribution in [2.75, 3.05) is 5.32 Å². The van der Waals surface area contributed by atoms with E-state index in [1.807, 2.05) is 29.6 Å². The van der Waals surface area contributed by atoms with Crippen molar-refractivity contribution < 1.29 is 4.79 Å². The smallest absolute Gasteiger partial charge is 0.324 e. The summed E-state index contributed by atoms with van der Waals surface area (Å²) in [5, 5.41) is 7.06. The summed E-state index contributed by atoms with van der Waals surface area (Å²) in [7, 11) is 3.04. The van der Waals surface area contributed by atoms with Crippen LogP contribution in [-0.2, 0) is 18.9 Å². The van der Waals surface area contributed by atoms with Gasteiger partial charge in [-0.2, -0.15) is 11.3 Å². The topological polar surface area (TPSA) is 90.9 Å². The minimum atomic E-state index is -0.669.